The summed E-state index contributed by atoms with van der Waals surface area (Å²) < 4.78 is 18.2. The maximum absolute atomic E-state index is 12.5. The molecule has 0 atom stereocenters. The van der Waals surface area contributed by atoms with Crippen molar-refractivity contribution in [2.24, 2.45) is 0 Å². The highest BCUT2D eigenvalue weighted by atomic mass is 79.9. The van der Waals surface area contributed by atoms with Crippen LogP contribution in [0.25, 0.3) is 0 Å². The molecule has 0 bridgehead atoms. The second kappa shape index (κ2) is 8.90. The summed E-state index contributed by atoms with van der Waals surface area (Å²) >= 11 is 3.34. The first-order chi connectivity index (χ1) is 12.8. The first kappa shape index (κ1) is 20.8. The number of esters is 1. The summed E-state index contributed by atoms with van der Waals surface area (Å²) in [5.74, 6) is -0.0312. The molecule has 0 aliphatic carbocycles. The van der Waals surface area contributed by atoms with Crippen molar-refractivity contribution in [3.63, 3.8) is 0 Å². The molecule has 0 fully saturated rings. The van der Waals surface area contributed by atoms with Gasteiger partial charge in [-0.15, -0.1) is 6.58 Å². The number of nitrogens with zero attached hydrogens (tertiary/aromatic N) is 1. The number of benzene rings is 1. The Bertz CT molecular complexity index is 860. The molecule has 0 spiro atoms. The van der Waals surface area contributed by atoms with E-state index in [1.807, 2.05) is 18.4 Å². The smallest absolute Gasteiger partial charge is 0.338 e. The fourth-order valence-corrected chi connectivity index (χ4v) is 3.33. The number of hydrogen-bond acceptors (Lipinski definition) is 5. The Kier molecular flexibility index (Phi) is 6.85. The van der Waals surface area contributed by atoms with Crippen molar-refractivity contribution in [2.45, 2.75) is 20.4 Å². The zero-order valence-electron chi connectivity index (χ0n) is 15.8. The third-order valence-corrected chi connectivity index (χ3v) is 4.98. The molecule has 1 aromatic carbocycles. The van der Waals surface area contributed by atoms with Crippen LogP contribution in [0.5, 0.6) is 11.5 Å². The molecule has 144 valence electrons. The zero-order chi connectivity index (χ0) is 20.1. The Morgan fingerprint density at radius 2 is 1.74 bits per heavy atom. The van der Waals surface area contributed by atoms with Crippen molar-refractivity contribution in [2.75, 3.05) is 20.8 Å². The van der Waals surface area contributed by atoms with Crippen molar-refractivity contribution >= 4 is 27.7 Å². The number of methoxy groups -OCH3 is 2. The summed E-state index contributed by atoms with van der Waals surface area (Å²) in [6, 6.07) is 4.84. The number of carbonyl (C=O) groups excluding carboxylic acids is 2. The summed E-state index contributed by atoms with van der Waals surface area (Å²) in [6.45, 7) is 7.76. The lowest BCUT2D eigenvalue weighted by atomic mass is 10.1. The van der Waals surface area contributed by atoms with Gasteiger partial charge in [-0.1, -0.05) is 6.08 Å². The maximum atomic E-state index is 12.5. The molecule has 2 aromatic rings. The van der Waals surface area contributed by atoms with E-state index in [0.29, 0.717) is 28.1 Å². The van der Waals surface area contributed by atoms with Crippen LogP contribution in [0, 0.1) is 13.8 Å². The van der Waals surface area contributed by atoms with Crippen LogP contribution >= 0.6 is 15.9 Å². The van der Waals surface area contributed by atoms with Gasteiger partial charge in [0.1, 0.15) is 16.0 Å². The van der Waals surface area contributed by atoms with Crippen molar-refractivity contribution in [3.8, 4) is 11.5 Å². The van der Waals surface area contributed by atoms with Gasteiger partial charge in [0.15, 0.2) is 6.61 Å². The number of carbonyl (C=O) groups is 2. The average molecular weight is 436 g/mol. The zero-order valence-corrected chi connectivity index (χ0v) is 17.4. The van der Waals surface area contributed by atoms with Crippen LogP contribution < -0.4 is 9.47 Å². The Morgan fingerprint density at radius 1 is 1.15 bits per heavy atom. The van der Waals surface area contributed by atoms with E-state index in [9.17, 15) is 9.59 Å². The van der Waals surface area contributed by atoms with Crippen molar-refractivity contribution in [3.05, 3.63) is 57.8 Å². The number of aromatic nitrogens is 1. The highest BCUT2D eigenvalue weighted by Crippen LogP contribution is 2.35. The maximum Gasteiger partial charge on any atom is 0.338 e. The minimum atomic E-state index is -0.632. The highest BCUT2D eigenvalue weighted by Gasteiger charge is 2.19. The van der Waals surface area contributed by atoms with E-state index in [1.54, 1.807) is 12.1 Å². The van der Waals surface area contributed by atoms with E-state index >= 15 is 0 Å². The molecule has 0 saturated carbocycles. The molecule has 0 unspecified atom stereocenters. The Labute approximate surface area is 166 Å². The highest BCUT2D eigenvalue weighted by molar-refractivity contribution is 9.10. The van der Waals surface area contributed by atoms with Gasteiger partial charge in [0.05, 0.1) is 19.8 Å². The molecule has 1 aromatic heterocycles. The van der Waals surface area contributed by atoms with E-state index < -0.39 is 5.97 Å². The molecular weight excluding hydrogens is 414 g/mol. The summed E-state index contributed by atoms with van der Waals surface area (Å²) in [5.41, 5.74) is 2.54. The SMILES string of the molecule is C=CCn1c(C)cc(C(=O)COC(=O)c2cc(OC)c(Br)c(OC)c2)c1C. The number of halogens is 1. The van der Waals surface area contributed by atoms with Crippen LogP contribution in [0.15, 0.2) is 35.3 Å². The van der Waals surface area contributed by atoms with Gasteiger partial charge < -0.3 is 18.8 Å². The van der Waals surface area contributed by atoms with Crippen LogP contribution in [0.2, 0.25) is 0 Å². The first-order valence-corrected chi connectivity index (χ1v) is 9.02. The lowest BCUT2D eigenvalue weighted by molar-refractivity contribution is 0.0474. The van der Waals surface area contributed by atoms with E-state index in [1.165, 1.54) is 26.4 Å². The minimum absolute atomic E-state index is 0.233. The van der Waals surface area contributed by atoms with E-state index in [0.717, 1.165) is 11.4 Å². The molecule has 27 heavy (non-hydrogen) atoms. The Balaban J connectivity index is 2.15. The Morgan fingerprint density at radius 3 is 2.26 bits per heavy atom. The molecule has 0 radical (unpaired) electrons. The van der Waals surface area contributed by atoms with E-state index in [4.69, 9.17) is 14.2 Å². The molecule has 1 heterocycles. The predicted molar refractivity (Wildman–Crippen MR) is 106 cm³/mol. The molecule has 0 saturated heterocycles. The lowest BCUT2D eigenvalue weighted by Gasteiger charge is -2.11. The van der Waals surface area contributed by atoms with Gasteiger partial charge in [-0.2, -0.15) is 0 Å². The number of Topliss-reactive ketones (excluding diaryl/α,β-unsaturated/α-hetero) is 1. The first-order valence-electron chi connectivity index (χ1n) is 8.23. The fourth-order valence-electron chi connectivity index (χ4n) is 2.77. The van der Waals surface area contributed by atoms with Crippen LogP contribution in [-0.2, 0) is 11.3 Å². The van der Waals surface area contributed by atoms with Crippen LogP contribution in [-0.4, -0.2) is 37.1 Å². The van der Waals surface area contributed by atoms with E-state index in [2.05, 4.69) is 22.5 Å². The van der Waals surface area contributed by atoms with Crippen LogP contribution in [0.3, 0.4) is 0 Å². The molecule has 0 N–H and O–H groups in total. The van der Waals surface area contributed by atoms with Gasteiger partial charge in [-0.3, -0.25) is 4.79 Å². The Hall–Kier alpha value is -2.54. The molecule has 0 aliphatic heterocycles. The summed E-state index contributed by atoms with van der Waals surface area (Å²) in [5, 5.41) is 0. The molecule has 6 nitrogen and oxygen atoms in total. The predicted octanol–water partition coefficient (Wildman–Crippen LogP) is 4.11. The minimum Gasteiger partial charge on any atom is -0.495 e. The summed E-state index contributed by atoms with van der Waals surface area (Å²) in [4.78, 5) is 24.9. The molecule has 0 aliphatic rings. The third kappa shape index (κ3) is 4.42. The van der Waals surface area contributed by atoms with Gasteiger partial charge in [0, 0.05) is 23.5 Å². The topological polar surface area (TPSA) is 66.8 Å². The lowest BCUT2D eigenvalue weighted by Crippen LogP contribution is -2.15. The van der Waals surface area contributed by atoms with Gasteiger partial charge >= 0.3 is 5.97 Å². The summed E-state index contributed by atoms with van der Waals surface area (Å²) in [7, 11) is 2.97. The summed E-state index contributed by atoms with van der Waals surface area (Å²) in [6.07, 6.45) is 1.77. The molecular formula is C20H22BrNO5. The number of ether oxygens (including phenoxy) is 3. The number of hydrogen-bond donors (Lipinski definition) is 0. The second-order valence-electron chi connectivity index (χ2n) is 5.88. The molecule has 7 heteroatoms. The normalized spacial score (nSPS) is 10.4. The van der Waals surface area contributed by atoms with E-state index in [-0.39, 0.29) is 18.0 Å². The van der Waals surface area contributed by atoms with Gasteiger partial charge in [-0.25, -0.2) is 4.79 Å². The van der Waals surface area contributed by atoms with Crippen LogP contribution in [0.1, 0.15) is 32.1 Å². The van der Waals surface area contributed by atoms with Gasteiger partial charge in [-0.05, 0) is 48.0 Å². The van der Waals surface area contributed by atoms with Gasteiger partial charge in [0.25, 0.3) is 0 Å². The van der Waals surface area contributed by atoms with Crippen molar-refractivity contribution in [1.29, 1.82) is 0 Å². The number of aryl methyl sites for hydroxylation is 1. The van der Waals surface area contributed by atoms with Crippen molar-refractivity contribution in [1.82, 2.24) is 4.57 Å². The van der Waals surface area contributed by atoms with Gasteiger partial charge in [0.2, 0.25) is 5.78 Å². The number of allylic oxidation sites excluding steroid dienone is 1. The largest absolute Gasteiger partial charge is 0.495 e. The standard InChI is InChI=1S/C20H22BrNO5/c1-6-7-22-12(2)8-15(13(22)3)16(23)11-27-20(24)14-9-17(25-4)19(21)18(10-14)26-5/h6,8-10H,1,7,11H2,2-5H3. The quantitative estimate of drug-likeness (QED) is 0.354. The molecule has 2 rings (SSSR count). The number of rotatable bonds is 8. The molecule has 0 amide bonds. The fraction of sp³-hybridized carbons (Fsp3) is 0.300. The number of ketones is 1. The average Bonchev–Trinajstić information content (AvgIpc) is 2.94. The third-order valence-electron chi connectivity index (χ3n) is 4.20. The van der Waals surface area contributed by atoms with Crippen LogP contribution in [0.4, 0.5) is 0 Å². The second-order valence-corrected chi connectivity index (χ2v) is 6.67. The monoisotopic (exact) mass is 435 g/mol. The van der Waals surface area contributed by atoms with Crippen molar-refractivity contribution < 1.29 is 23.8 Å².